The van der Waals surface area contributed by atoms with E-state index in [1.807, 2.05) is 0 Å². The molecule has 2 fully saturated rings. The first kappa shape index (κ1) is 12.5. The molecule has 0 unspecified atom stereocenters. The van der Waals surface area contributed by atoms with Crippen LogP contribution in [0.2, 0.25) is 0 Å². The zero-order valence-corrected chi connectivity index (χ0v) is 10.1. The first-order valence-corrected chi connectivity index (χ1v) is 5.93. The van der Waals surface area contributed by atoms with Crippen LogP contribution in [-0.2, 0) is 9.47 Å². The van der Waals surface area contributed by atoms with Crippen LogP contribution < -0.4 is 11.2 Å². The van der Waals surface area contributed by atoms with Gasteiger partial charge in [0.2, 0.25) is 0 Å². The van der Waals surface area contributed by atoms with E-state index >= 15 is 0 Å². The first-order chi connectivity index (χ1) is 8.99. The minimum absolute atomic E-state index is 0.416. The summed E-state index contributed by atoms with van der Waals surface area (Å²) >= 11 is 0. The number of nitrogens with zero attached hydrogens (tertiary/aromatic N) is 1. The number of H-pyrrole nitrogens is 1. The Morgan fingerprint density at radius 1 is 1.53 bits per heavy atom. The number of rotatable bonds is 2. The molecule has 2 bridgehead atoms. The Hall–Kier alpha value is -1.48. The van der Waals surface area contributed by atoms with Gasteiger partial charge in [0, 0.05) is 12.3 Å². The third kappa shape index (κ3) is 1.54. The summed E-state index contributed by atoms with van der Waals surface area (Å²) in [5, 5.41) is 19.6. The Balaban J connectivity index is 2.02. The highest BCUT2D eigenvalue weighted by Gasteiger charge is 2.65. The number of aromatic amines is 1. The van der Waals surface area contributed by atoms with E-state index in [4.69, 9.17) is 9.47 Å². The van der Waals surface area contributed by atoms with Crippen LogP contribution in [0.25, 0.3) is 0 Å². The van der Waals surface area contributed by atoms with Gasteiger partial charge in [0.15, 0.2) is 6.23 Å². The molecule has 2 aliphatic rings. The van der Waals surface area contributed by atoms with Gasteiger partial charge in [-0.25, -0.2) is 4.79 Å². The molecule has 1 aromatic rings. The van der Waals surface area contributed by atoms with Crippen LogP contribution in [-0.4, -0.2) is 50.3 Å². The summed E-state index contributed by atoms with van der Waals surface area (Å²) in [6.07, 6.45) is -1.87. The zero-order chi connectivity index (χ0) is 13.8. The summed E-state index contributed by atoms with van der Waals surface area (Å²) in [5.74, 6) is 0. The molecule has 0 aromatic carbocycles. The summed E-state index contributed by atoms with van der Waals surface area (Å²) < 4.78 is 12.3. The van der Waals surface area contributed by atoms with Crippen molar-refractivity contribution in [1.29, 1.82) is 0 Å². The van der Waals surface area contributed by atoms with Crippen molar-refractivity contribution in [3.63, 3.8) is 0 Å². The molecule has 0 amide bonds. The predicted molar refractivity (Wildman–Crippen MR) is 61.6 cm³/mol. The molecule has 19 heavy (non-hydrogen) atoms. The molecule has 8 heteroatoms. The van der Waals surface area contributed by atoms with Crippen molar-refractivity contribution in [2.24, 2.45) is 0 Å². The smallest absolute Gasteiger partial charge is 0.330 e. The molecule has 0 saturated carbocycles. The highest BCUT2D eigenvalue weighted by molar-refractivity contribution is 5.11. The van der Waals surface area contributed by atoms with Crippen molar-refractivity contribution in [2.45, 2.75) is 37.1 Å². The van der Waals surface area contributed by atoms with E-state index in [2.05, 4.69) is 4.98 Å². The SMILES string of the molecule is C[C@@H]1O[C@H]2[C@H](n3ccc(=O)[nH]c3=O)O[C@]1(CO)[C@H]2O. The molecular weight excluding hydrogens is 256 g/mol. The number of hydrogen-bond acceptors (Lipinski definition) is 6. The van der Waals surface area contributed by atoms with Gasteiger partial charge < -0.3 is 19.7 Å². The van der Waals surface area contributed by atoms with Gasteiger partial charge >= 0.3 is 5.69 Å². The number of ether oxygens (including phenoxy) is 2. The Morgan fingerprint density at radius 2 is 2.26 bits per heavy atom. The van der Waals surface area contributed by atoms with Gasteiger partial charge in [-0.1, -0.05) is 0 Å². The molecule has 5 atom stereocenters. The summed E-state index contributed by atoms with van der Waals surface area (Å²) in [7, 11) is 0. The van der Waals surface area contributed by atoms with E-state index in [1.54, 1.807) is 6.92 Å². The maximum absolute atomic E-state index is 11.7. The molecule has 0 radical (unpaired) electrons. The van der Waals surface area contributed by atoms with Gasteiger partial charge in [-0.2, -0.15) is 0 Å². The van der Waals surface area contributed by atoms with Crippen LogP contribution in [0.4, 0.5) is 0 Å². The van der Waals surface area contributed by atoms with Crippen LogP contribution >= 0.6 is 0 Å². The predicted octanol–water partition coefficient (Wildman–Crippen LogP) is -2.06. The summed E-state index contributed by atoms with van der Waals surface area (Å²) in [6, 6.07) is 1.18. The number of aliphatic hydroxyl groups excluding tert-OH is 2. The van der Waals surface area contributed by atoms with E-state index in [1.165, 1.54) is 12.3 Å². The highest BCUT2D eigenvalue weighted by atomic mass is 16.7. The second-order valence-electron chi connectivity index (χ2n) is 4.83. The van der Waals surface area contributed by atoms with Gasteiger partial charge in [-0.05, 0) is 6.92 Å². The normalized spacial score (nSPS) is 40.8. The standard InChI is InChI=1S/C11H14N2O6/c1-5-11(4-14)8(16)7(18-5)9(19-11)13-3-2-6(15)12-10(13)17/h2-3,5,7-9,14,16H,4H2,1H3,(H,12,15,17)/t5-,7+,8-,9+,11-/m0/s1. The van der Waals surface area contributed by atoms with Crippen molar-refractivity contribution >= 4 is 0 Å². The molecule has 0 spiro atoms. The van der Waals surface area contributed by atoms with Crippen molar-refractivity contribution in [2.75, 3.05) is 6.61 Å². The molecule has 3 rings (SSSR count). The number of aromatic nitrogens is 2. The summed E-state index contributed by atoms with van der Waals surface area (Å²) in [6.45, 7) is 1.27. The van der Waals surface area contributed by atoms with Gasteiger partial charge in [-0.15, -0.1) is 0 Å². The fourth-order valence-electron chi connectivity index (χ4n) is 2.73. The Kier molecular flexibility index (Phi) is 2.65. The lowest BCUT2D eigenvalue weighted by atomic mass is 9.95. The van der Waals surface area contributed by atoms with E-state index in [0.29, 0.717) is 0 Å². The molecule has 3 N–H and O–H groups in total. The van der Waals surface area contributed by atoms with Gasteiger partial charge in [0.05, 0.1) is 12.7 Å². The van der Waals surface area contributed by atoms with Gasteiger partial charge in [0.1, 0.15) is 17.8 Å². The lowest BCUT2D eigenvalue weighted by Gasteiger charge is -2.34. The average molecular weight is 270 g/mol. The third-order valence-corrected chi connectivity index (χ3v) is 3.85. The Bertz CT molecular complexity index is 610. The average Bonchev–Trinajstić information content (AvgIpc) is 2.77. The monoisotopic (exact) mass is 270 g/mol. The largest absolute Gasteiger partial charge is 0.393 e. The Morgan fingerprint density at radius 3 is 2.84 bits per heavy atom. The van der Waals surface area contributed by atoms with Crippen molar-refractivity contribution in [1.82, 2.24) is 9.55 Å². The fourth-order valence-corrected chi connectivity index (χ4v) is 2.73. The van der Waals surface area contributed by atoms with Crippen LogP contribution in [0.1, 0.15) is 13.2 Å². The number of fused-ring (bicyclic) bond motifs is 2. The minimum atomic E-state index is -1.23. The van der Waals surface area contributed by atoms with Crippen molar-refractivity contribution in [3.8, 4) is 0 Å². The molecular formula is C11H14N2O6. The maximum Gasteiger partial charge on any atom is 0.330 e. The molecule has 3 heterocycles. The maximum atomic E-state index is 11.7. The molecule has 0 aliphatic carbocycles. The number of hydrogen-bond donors (Lipinski definition) is 3. The quantitative estimate of drug-likeness (QED) is 0.569. The second-order valence-corrected chi connectivity index (χ2v) is 4.83. The van der Waals surface area contributed by atoms with Crippen molar-refractivity contribution in [3.05, 3.63) is 33.1 Å². The minimum Gasteiger partial charge on any atom is -0.393 e. The second kappa shape index (κ2) is 4.01. The lowest BCUT2D eigenvalue weighted by Crippen LogP contribution is -2.49. The molecule has 104 valence electrons. The molecule has 1 aromatic heterocycles. The highest BCUT2D eigenvalue weighted by Crippen LogP contribution is 2.47. The van der Waals surface area contributed by atoms with Gasteiger partial charge in [-0.3, -0.25) is 14.3 Å². The van der Waals surface area contributed by atoms with E-state index in [9.17, 15) is 19.8 Å². The topological polar surface area (TPSA) is 114 Å². The number of nitrogens with one attached hydrogen (secondary N) is 1. The molecule has 8 nitrogen and oxygen atoms in total. The van der Waals surface area contributed by atoms with Crippen LogP contribution in [0.15, 0.2) is 21.9 Å². The Labute approximate surface area is 107 Å². The van der Waals surface area contributed by atoms with Crippen molar-refractivity contribution < 1.29 is 19.7 Å². The molecule has 2 saturated heterocycles. The first-order valence-electron chi connectivity index (χ1n) is 5.93. The lowest BCUT2D eigenvalue weighted by molar-refractivity contribution is -0.218. The summed E-state index contributed by atoms with van der Waals surface area (Å²) in [4.78, 5) is 24.8. The van der Waals surface area contributed by atoms with E-state index in [0.717, 1.165) is 4.57 Å². The van der Waals surface area contributed by atoms with Crippen LogP contribution in [0.5, 0.6) is 0 Å². The molecule has 2 aliphatic heterocycles. The summed E-state index contributed by atoms with van der Waals surface area (Å²) in [5.41, 5.74) is -2.40. The van der Waals surface area contributed by atoms with E-state index < -0.39 is 48.0 Å². The zero-order valence-electron chi connectivity index (χ0n) is 10.1. The number of aliphatic hydroxyl groups is 2. The van der Waals surface area contributed by atoms with Crippen LogP contribution in [0.3, 0.4) is 0 Å². The van der Waals surface area contributed by atoms with Gasteiger partial charge in [0.25, 0.3) is 5.56 Å². The van der Waals surface area contributed by atoms with E-state index in [-0.39, 0.29) is 0 Å². The van der Waals surface area contributed by atoms with Crippen LogP contribution in [0, 0.1) is 0 Å². The fraction of sp³-hybridized carbons (Fsp3) is 0.636. The third-order valence-electron chi connectivity index (χ3n) is 3.85.